The van der Waals surface area contributed by atoms with Crippen LogP contribution in [0.3, 0.4) is 0 Å². The molecule has 1 N–H and O–H groups in total. The summed E-state index contributed by atoms with van der Waals surface area (Å²) in [6, 6.07) is 6.47. The fraction of sp³-hybridized carbons (Fsp3) is 0.538. The number of rotatable bonds is 2. The minimum atomic E-state index is 0.326. The van der Waals surface area contributed by atoms with Crippen molar-refractivity contribution in [1.29, 1.82) is 0 Å². The van der Waals surface area contributed by atoms with E-state index in [1.54, 1.807) is 0 Å². The monoisotopic (exact) mass is 235 g/mol. The summed E-state index contributed by atoms with van der Waals surface area (Å²) in [5, 5.41) is 3.53. The van der Waals surface area contributed by atoms with Crippen LogP contribution in [-0.2, 0) is 4.74 Å². The first-order valence-corrected chi connectivity index (χ1v) is 6.09. The van der Waals surface area contributed by atoms with Crippen LogP contribution >= 0.6 is 0 Å². The number of nitrogens with one attached hydrogen (secondary N) is 1. The molecule has 4 heteroatoms. The molecule has 0 saturated carbocycles. The molecule has 1 saturated heterocycles. The van der Waals surface area contributed by atoms with Crippen molar-refractivity contribution in [3.05, 3.63) is 18.2 Å². The van der Waals surface area contributed by atoms with Crippen LogP contribution in [0.1, 0.15) is 19.8 Å². The Kier molecular flexibility index (Phi) is 2.81. The summed E-state index contributed by atoms with van der Waals surface area (Å²) in [6.07, 6.45) is 2.45. The zero-order valence-electron chi connectivity index (χ0n) is 9.94. The molecule has 2 aliphatic rings. The van der Waals surface area contributed by atoms with Crippen molar-refractivity contribution in [2.45, 2.75) is 31.9 Å². The second-order valence-corrected chi connectivity index (χ2v) is 4.62. The smallest absolute Gasteiger partial charge is 0.231 e. The quantitative estimate of drug-likeness (QED) is 0.854. The van der Waals surface area contributed by atoms with Crippen molar-refractivity contribution in [1.82, 2.24) is 0 Å². The number of fused-ring (bicyclic) bond motifs is 1. The molecule has 0 aliphatic carbocycles. The molecule has 2 unspecified atom stereocenters. The van der Waals surface area contributed by atoms with Crippen LogP contribution in [-0.4, -0.2) is 25.5 Å². The Bertz CT molecular complexity index is 408. The minimum Gasteiger partial charge on any atom is -0.454 e. The van der Waals surface area contributed by atoms with Crippen LogP contribution in [0.5, 0.6) is 11.5 Å². The topological polar surface area (TPSA) is 39.7 Å². The molecule has 0 amide bonds. The van der Waals surface area contributed by atoms with Gasteiger partial charge < -0.3 is 19.5 Å². The molecule has 1 aromatic rings. The predicted molar refractivity (Wildman–Crippen MR) is 64.6 cm³/mol. The van der Waals surface area contributed by atoms with Crippen LogP contribution in [0.25, 0.3) is 0 Å². The van der Waals surface area contributed by atoms with Gasteiger partial charge in [-0.3, -0.25) is 0 Å². The third kappa shape index (κ3) is 2.31. The van der Waals surface area contributed by atoms with E-state index in [-0.39, 0.29) is 0 Å². The summed E-state index contributed by atoms with van der Waals surface area (Å²) >= 11 is 0. The lowest BCUT2D eigenvalue weighted by molar-refractivity contribution is 0.0232. The van der Waals surface area contributed by atoms with Gasteiger partial charge in [0.25, 0.3) is 0 Å². The third-order valence-corrected chi connectivity index (χ3v) is 3.23. The summed E-state index contributed by atoms with van der Waals surface area (Å²) in [6.45, 7) is 3.28. The van der Waals surface area contributed by atoms with Gasteiger partial charge in [0.2, 0.25) is 6.79 Å². The van der Waals surface area contributed by atoms with Gasteiger partial charge in [0, 0.05) is 24.4 Å². The number of benzene rings is 1. The van der Waals surface area contributed by atoms with Crippen molar-refractivity contribution >= 4 is 5.69 Å². The highest BCUT2D eigenvalue weighted by atomic mass is 16.7. The molecule has 1 aromatic carbocycles. The van der Waals surface area contributed by atoms with Gasteiger partial charge in [-0.15, -0.1) is 0 Å². The summed E-state index contributed by atoms with van der Waals surface area (Å²) in [5.74, 6) is 1.66. The van der Waals surface area contributed by atoms with Crippen LogP contribution in [0, 0.1) is 0 Å². The highest BCUT2D eigenvalue weighted by Crippen LogP contribution is 2.34. The summed E-state index contributed by atoms with van der Waals surface area (Å²) in [5.41, 5.74) is 1.09. The van der Waals surface area contributed by atoms with E-state index in [1.807, 2.05) is 18.2 Å². The van der Waals surface area contributed by atoms with Gasteiger partial charge in [-0.2, -0.15) is 0 Å². The molecule has 17 heavy (non-hydrogen) atoms. The molecule has 0 spiro atoms. The standard InChI is InChI=1S/C13H17NO3/c1-9-6-11(4-5-15-9)14-10-2-3-12-13(7-10)17-8-16-12/h2-3,7,9,11,14H,4-6,8H2,1H3. The number of hydrogen-bond donors (Lipinski definition) is 1. The van der Waals surface area contributed by atoms with E-state index >= 15 is 0 Å². The van der Waals surface area contributed by atoms with E-state index in [0.29, 0.717) is 18.9 Å². The van der Waals surface area contributed by atoms with Crippen molar-refractivity contribution in [3.8, 4) is 11.5 Å². The number of anilines is 1. The van der Waals surface area contributed by atoms with Gasteiger partial charge in [-0.05, 0) is 31.9 Å². The van der Waals surface area contributed by atoms with Crippen molar-refractivity contribution in [2.75, 3.05) is 18.7 Å². The van der Waals surface area contributed by atoms with Crippen LogP contribution in [0.15, 0.2) is 18.2 Å². The molecule has 0 bridgehead atoms. The Hall–Kier alpha value is -1.42. The second-order valence-electron chi connectivity index (χ2n) is 4.62. The maximum Gasteiger partial charge on any atom is 0.231 e. The molecule has 0 radical (unpaired) electrons. The Morgan fingerprint density at radius 1 is 1.24 bits per heavy atom. The molecular weight excluding hydrogens is 218 g/mol. The van der Waals surface area contributed by atoms with Crippen LogP contribution < -0.4 is 14.8 Å². The molecule has 2 atom stereocenters. The Balaban J connectivity index is 1.68. The van der Waals surface area contributed by atoms with E-state index in [1.165, 1.54) is 0 Å². The lowest BCUT2D eigenvalue weighted by atomic mass is 10.0. The van der Waals surface area contributed by atoms with E-state index in [4.69, 9.17) is 14.2 Å². The second kappa shape index (κ2) is 4.45. The maximum atomic E-state index is 5.54. The Morgan fingerprint density at radius 2 is 2.12 bits per heavy atom. The SMILES string of the molecule is CC1CC(Nc2ccc3c(c2)OCO3)CCO1. The number of ether oxygens (including phenoxy) is 3. The largest absolute Gasteiger partial charge is 0.454 e. The lowest BCUT2D eigenvalue weighted by Crippen LogP contribution is -2.32. The molecule has 1 fully saturated rings. The highest BCUT2D eigenvalue weighted by Gasteiger charge is 2.20. The summed E-state index contributed by atoms with van der Waals surface area (Å²) in [7, 11) is 0. The molecule has 0 aromatic heterocycles. The van der Waals surface area contributed by atoms with Crippen molar-refractivity contribution < 1.29 is 14.2 Å². The van der Waals surface area contributed by atoms with Gasteiger partial charge in [-0.1, -0.05) is 0 Å². The Labute approximate surface area is 101 Å². The maximum absolute atomic E-state index is 5.54. The average molecular weight is 235 g/mol. The third-order valence-electron chi connectivity index (χ3n) is 3.23. The first kappa shape index (κ1) is 10.7. The van der Waals surface area contributed by atoms with Crippen molar-refractivity contribution in [2.24, 2.45) is 0 Å². The van der Waals surface area contributed by atoms with Gasteiger partial charge in [0.15, 0.2) is 11.5 Å². The fourth-order valence-corrected chi connectivity index (χ4v) is 2.35. The highest BCUT2D eigenvalue weighted by molar-refractivity contribution is 5.56. The summed E-state index contributed by atoms with van der Waals surface area (Å²) < 4.78 is 16.2. The minimum absolute atomic E-state index is 0.326. The van der Waals surface area contributed by atoms with E-state index < -0.39 is 0 Å². The molecule has 2 aliphatic heterocycles. The van der Waals surface area contributed by atoms with Crippen LogP contribution in [0.2, 0.25) is 0 Å². The molecule has 3 rings (SSSR count). The van der Waals surface area contributed by atoms with Crippen molar-refractivity contribution in [3.63, 3.8) is 0 Å². The van der Waals surface area contributed by atoms with Crippen LogP contribution in [0.4, 0.5) is 5.69 Å². The molecule has 2 heterocycles. The normalized spacial score (nSPS) is 26.9. The first-order chi connectivity index (χ1) is 8.31. The molecule has 92 valence electrons. The van der Waals surface area contributed by atoms with E-state index in [2.05, 4.69) is 12.2 Å². The average Bonchev–Trinajstić information content (AvgIpc) is 2.76. The fourth-order valence-electron chi connectivity index (χ4n) is 2.35. The first-order valence-electron chi connectivity index (χ1n) is 6.09. The number of hydrogen-bond acceptors (Lipinski definition) is 4. The van der Waals surface area contributed by atoms with Gasteiger partial charge in [0.05, 0.1) is 6.10 Å². The summed E-state index contributed by atoms with van der Waals surface area (Å²) in [4.78, 5) is 0. The molecular formula is C13H17NO3. The predicted octanol–water partition coefficient (Wildman–Crippen LogP) is 2.39. The van der Waals surface area contributed by atoms with E-state index in [9.17, 15) is 0 Å². The lowest BCUT2D eigenvalue weighted by Gasteiger charge is -2.28. The van der Waals surface area contributed by atoms with Gasteiger partial charge in [0.1, 0.15) is 0 Å². The molecule has 4 nitrogen and oxygen atoms in total. The van der Waals surface area contributed by atoms with Gasteiger partial charge >= 0.3 is 0 Å². The van der Waals surface area contributed by atoms with E-state index in [0.717, 1.165) is 36.6 Å². The van der Waals surface area contributed by atoms with Gasteiger partial charge in [-0.25, -0.2) is 0 Å². The zero-order valence-corrected chi connectivity index (χ0v) is 9.94. The zero-order chi connectivity index (χ0) is 11.7. The Morgan fingerprint density at radius 3 is 3.00 bits per heavy atom.